The lowest BCUT2D eigenvalue weighted by Gasteiger charge is -2.09. The number of aryl methyl sites for hydroxylation is 2. The molecule has 11 heteroatoms. The van der Waals surface area contributed by atoms with Crippen molar-refractivity contribution < 1.29 is 18.5 Å². The molecule has 0 aliphatic rings. The minimum Gasteiger partial charge on any atom is -0.322 e. The van der Waals surface area contributed by atoms with E-state index in [4.69, 9.17) is 0 Å². The number of hydrogen-bond donors (Lipinski definition) is 1. The summed E-state index contributed by atoms with van der Waals surface area (Å²) in [6, 6.07) is 13.1. The number of nitrogens with zero attached hydrogens (tertiary/aromatic N) is 4. The number of benzene rings is 2. The van der Waals surface area contributed by atoms with Crippen LogP contribution in [0.1, 0.15) is 33.7 Å². The maximum Gasteiger partial charge on any atom is 0.280 e. The number of carbonyl (C=O) groups is 1. The molecule has 2 aromatic carbocycles. The average molecular weight is 469 g/mol. The zero-order chi connectivity index (χ0) is 23.7. The highest BCUT2D eigenvalue weighted by Gasteiger charge is 2.21. The van der Waals surface area contributed by atoms with Crippen molar-refractivity contribution in [3.63, 3.8) is 0 Å². The van der Waals surface area contributed by atoms with E-state index in [2.05, 4.69) is 15.4 Å². The van der Waals surface area contributed by atoms with Crippen LogP contribution in [0.5, 0.6) is 0 Å². The van der Waals surface area contributed by atoms with Gasteiger partial charge in [0.15, 0.2) is 5.65 Å². The first-order valence-corrected chi connectivity index (χ1v) is 10.5. The summed E-state index contributed by atoms with van der Waals surface area (Å²) in [6.07, 6.45) is -1.66. The molecule has 0 saturated carbocycles. The molecule has 0 atom stereocenters. The van der Waals surface area contributed by atoms with E-state index < -0.39 is 17.3 Å². The average Bonchev–Trinajstić information content (AvgIpc) is 3.18. The van der Waals surface area contributed by atoms with Crippen molar-refractivity contribution in [2.75, 3.05) is 5.32 Å². The molecule has 0 bridgehead atoms. The van der Waals surface area contributed by atoms with E-state index in [0.717, 1.165) is 21.2 Å². The van der Waals surface area contributed by atoms with Crippen molar-refractivity contribution in [2.24, 2.45) is 0 Å². The second-order valence-corrected chi connectivity index (χ2v) is 8.41. The van der Waals surface area contributed by atoms with E-state index in [1.807, 2.05) is 31.2 Å². The number of alkyl halides is 2. The molecule has 0 fully saturated rings. The van der Waals surface area contributed by atoms with Crippen LogP contribution < -0.4 is 5.32 Å². The number of nitro groups is 1. The summed E-state index contributed by atoms with van der Waals surface area (Å²) in [5.41, 5.74) is 0.935. The number of halogens is 2. The molecular weight excluding hydrogens is 452 g/mol. The van der Waals surface area contributed by atoms with Gasteiger partial charge in [0.05, 0.1) is 11.1 Å². The van der Waals surface area contributed by atoms with Crippen LogP contribution in [0.15, 0.2) is 64.5 Å². The third kappa shape index (κ3) is 4.82. The summed E-state index contributed by atoms with van der Waals surface area (Å²) in [5, 5.41) is 17.9. The zero-order valence-corrected chi connectivity index (χ0v) is 18.3. The molecule has 0 unspecified atom stereocenters. The number of rotatable bonds is 6. The Kier molecular flexibility index (Phi) is 6.05. The Hall–Kier alpha value is -3.86. The van der Waals surface area contributed by atoms with Crippen molar-refractivity contribution in [2.45, 2.75) is 30.1 Å². The molecule has 4 rings (SSSR count). The van der Waals surface area contributed by atoms with Crippen molar-refractivity contribution in [3.05, 3.63) is 87.4 Å². The van der Waals surface area contributed by atoms with Gasteiger partial charge < -0.3 is 5.32 Å². The fourth-order valence-corrected chi connectivity index (χ4v) is 4.10. The molecular formula is C22H17F2N5O3S. The van der Waals surface area contributed by atoms with Gasteiger partial charge in [-0.25, -0.2) is 18.3 Å². The van der Waals surface area contributed by atoms with Crippen molar-refractivity contribution in [1.29, 1.82) is 0 Å². The number of aromatic nitrogens is 3. The van der Waals surface area contributed by atoms with E-state index >= 15 is 0 Å². The molecule has 1 amide bonds. The van der Waals surface area contributed by atoms with Gasteiger partial charge >= 0.3 is 0 Å². The molecule has 4 aromatic rings. The largest absolute Gasteiger partial charge is 0.322 e. The highest BCUT2D eigenvalue weighted by molar-refractivity contribution is 7.99. The predicted molar refractivity (Wildman–Crippen MR) is 119 cm³/mol. The van der Waals surface area contributed by atoms with Gasteiger partial charge in [-0.2, -0.15) is 5.10 Å². The minimum atomic E-state index is -2.80. The second-order valence-electron chi connectivity index (χ2n) is 7.26. The number of hydrogen-bond acceptors (Lipinski definition) is 6. The van der Waals surface area contributed by atoms with Crippen LogP contribution in [-0.2, 0) is 0 Å². The Labute approximate surface area is 190 Å². The third-order valence-corrected chi connectivity index (χ3v) is 5.69. The van der Waals surface area contributed by atoms with Crippen LogP contribution in [0.3, 0.4) is 0 Å². The van der Waals surface area contributed by atoms with Crippen molar-refractivity contribution in [3.8, 4) is 0 Å². The van der Waals surface area contributed by atoms with Gasteiger partial charge in [0.25, 0.3) is 18.0 Å². The normalized spacial score (nSPS) is 11.2. The Morgan fingerprint density at radius 3 is 2.52 bits per heavy atom. The Morgan fingerprint density at radius 2 is 1.85 bits per heavy atom. The minimum absolute atomic E-state index is 0.0255. The van der Waals surface area contributed by atoms with E-state index in [1.54, 1.807) is 6.07 Å². The van der Waals surface area contributed by atoms with Gasteiger partial charge in [0.1, 0.15) is 11.3 Å². The Bertz CT molecular complexity index is 1370. The summed E-state index contributed by atoms with van der Waals surface area (Å²) < 4.78 is 27.6. The molecule has 0 aliphatic heterocycles. The third-order valence-electron chi connectivity index (χ3n) is 4.71. The standard InChI is InChI=1S/C22H17F2N5O3S/c1-12-3-5-16(6-4-12)33-17-9-14(8-15(10-17)29(31)32)27-22(30)18-11-25-28-19(20(23)24)7-13(2)26-21(18)28/h3-11,20H,1-2H3,(H,27,30). The Balaban J connectivity index is 1.67. The molecule has 2 aromatic heterocycles. The zero-order valence-electron chi connectivity index (χ0n) is 17.5. The SMILES string of the molecule is Cc1ccc(Sc2cc(NC(=O)c3cnn4c(C(F)F)cc(C)nc34)cc([N+](=O)[O-])c2)cc1. The molecule has 0 saturated heterocycles. The van der Waals surface area contributed by atoms with Gasteiger partial charge in [0, 0.05) is 33.3 Å². The first kappa shape index (κ1) is 22.3. The summed E-state index contributed by atoms with van der Waals surface area (Å²) in [6.45, 7) is 3.49. The monoisotopic (exact) mass is 469 g/mol. The van der Waals surface area contributed by atoms with Crippen molar-refractivity contribution in [1.82, 2.24) is 14.6 Å². The molecule has 0 radical (unpaired) electrons. The van der Waals surface area contributed by atoms with Gasteiger partial charge in [-0.05, 0) is 38.1 Å². The van der Waals surface area contributed by atoms with Gasteiger partial charge in [-0.15, -0.1) is 0 Å². The maximum absolute atomic E-state index is 13.3. The highest BCUT2D eigenvalue weighted by Crippen LogP contribution is 2.33. The lowest BCUT2D eigenvalue weighted by atomic mass is 10.2. The van der Waals surface area contributed by atoms with E-state index in [9.17, 15) is 23.7 Å². The Morgan fingerprint density at radius 1 is 1.12 bits per heavy atom. The van der Waals surface area contributed by atoms with E-state index in [0.29, 0.717) is 10.6 Å². The summed E-state index contributed by atoms with van der Waals surface area (Å²) in [5.74, 6) is -0.671. The number of amides is 1. The van der Waals surface area contributed by atoms with Crippen LogP contribution in [0, 0.1) is 24.0 Å². The van der Waals surface area contributed by atoms with Crippen molar-refractivity contribution >= 4 is 34.7 Å². The molecule has 2 heterocycles. The number of nitro benzene ring substituents is 1. The highest BCUT2D eigenvalue weighted by atomic mass is 32.2. The van der Waals surface area contributed by atoms with Gasteiger partial charge in [-0.3, -0.25) is 14.9 Å². The second kappa shape index (κ2) is 8.94. The van der Waals surface area contributed by atoms with Crippen LogP contribution in [0.4, 0.5) is 20.2 Å². The maximum atomic E-state index is 13.3. The van der Waals surface area contributed by atoms with Gasteiger partial charge in [0.2, 0.25) is 0 Å². The summed E-state index contributed by atoms with van der Waals surface area (Å²) in [4.78, 5) is 29.4. The fraction of sp³-hybridized carbons (Fsp3) is 0.136. The first-order chi connectivity index (χ1) is 15.7. The summed E-state index contributed by atoms with van der Waals surface area (Å²) >= 11 is 1.31. The number of carbonyl (C=O) groups excluding carboxylic acids is 1. The topological polar surface area (TPSA) is 102 Å². The number of nitrogens with one attached hydrogen (secondary N) is 1. The summed E-state index contributed by atoms with van der Waals surface area (Å²) in [7, 11) is 0. The molecule has 8 nitrogen and oxygen atoms in total. The quantitative estimate of drug-likeness (QED) is 0.291. The predicted octanol–water partition coefficient (Wildman–Crippen LogP) is 5.60. The van der Waals surface area contributed by atoms with Crippen LogP contribution >= 0.6 is 11.8 Å². The molecule has 0 spiro atoms. The fourth-order valence-electron chi connectivity index (χ4n) is 3.19. The van der Waals surface area contributed by atoms with Gasteiger partial charge in [-0.1, -0.05) is 29.5 Å². The van der Waals surface area contributed by atoms with E-state index in [1.165, 1.54) is 36.9 Å². The molecule has 0 aliphatic carbocycles. The van der Waals surface area contributed by atoms with Crippen LogP contribution in [0.25, 0.3) is 5.65 Å². The number of anilines is 1. The van der Waals surface area contributed by atoms with Crippen LogP contribution in [-0.4, -0.2) is 25.4 Å². The first-order valence-electron chi connectivity index (χ1n) is 9.70. The molecule has 1 N–H and O–H groups in total. The van der Waals surface area contributed by atoms with Crippen LogP contribution in [0.2, 0.25) is 0 Å². The van der Waals surface area contributed by atoms with E-state index in [-0.39, 0.29) is 28.3 Å². The smallest absolute Gasteiger partial charge is 0.280 e. The lowest BCUT2D eigenvalue weighted by Crippen LogP contribution is -2.13. The molecule has 33 heavy (non-hydrogen) atoms. The lowest BCUT2D eigenvalue weighted by molar-refractivity contribution is -0.385. The number of fused-ring (bicyclic) bond motifs is 1. The molecule has 168 valence electrons. The number of non-ortho nitro benzene ring substituents is 1.